The predicted molar refractivity (Wildman–Crippen MR) is 62.1 cm³/mol. The zero-order chi connectivity index (χ0) is 10.7. The van der Waals surface area contributed by atoms with E-state index in [0.29, 0.717) is 18.2 Å². The fourth-order valence-electron chi connectivity index (χ4n) is 2.70. The van der Waals surface area contributed by atoms with Crippen molar-refractivity contribution in [2.24, 2.45) is 0 Å². The van der Waals surface area contributed by atoms with Gasteiger partial charge >= 0.3 is 0 Å². The molecule has 1 unspecified atom stereocenters. The molecule has 3 nitrogen and oxygen atoms in total. The first-order valence-electron chi connectivity index (χ1n) is 6.29. The van der Waals surface area contributed by atoms with E-state index in [1.54, 1.807) is 0 Å². The number of hydrogen-bond donors (Lipinski definition) is 1. The zero-order valence-corrected chi connectivity index (χ0v) is 10.0. The molecule has 15 heavy (non-hydrogen) atoms. The van der Waals surface area contributed by atoms with Crippen LogP contribution in [0.25, 0.3) is 0 Å². The first-order chi connectivity index (χ1) is 7.28. The third-order valence-electron chi connectivity index (χ3n) is 3.68. The summed E-state index contributed by atoms with van der Waals surface area (Å²) in [5, 5.41) is 3.69. The average Bonchev–Trinajstić information content (AvgIpc) is 2.63. The summed E-state index contributed by atoms with van der Waals surface area (Å²) in [6.45, 7) is 6.13. The Morgan fingerprint density at radius 2 is 2.00 bits per heavy atom. The molecule has 0 radical (unpaired) electrons. The first kappa shape index (κ1) is 11.4. The predicted octanol–water partition coefficient (Wildman–Crippen LogP) is 1.24. The summed E-state index contributed by atoms with van der Waals surface area (Å²) < 4.78 is 5.28. The van der Waals surface area contributed by atoms with E-state index in [-0.39, 0.29) is 0 Å². The smallest absolute Gasteiger partial charge is 0.0601 e. The van der Waals surface area contributed by atoms with Crippen LogP contribution < -0.4 is 5.32 Å². The number of rotatable bonds is 5. The maximum Gasteiger partial charge on any atom is 0.0601 e. The minimum Gasteiger partial charge on any atom is -0.381 e. The summed E-state index contributed by atoms with van der Waals surface area (Å²) in [5.41, 5.74) is 0. The topological polar surface area (TPSA) is 24.5 Å². The fraction of sp³-hybridized carbons (Fsp3) is 1.00. The van der Waals surface area contributed by atoms with Crippen molar-refractivity contribution in [3.05, 3.63) is 0 Å². The van der Waals surface area contributed by atoms with Crippen LogP contribution in [0.5, 0.6) is 0 Å². The molecule has 0 aromatic rings. The van der Waals surface area contributed by atoms with Gasteiger partial charge in [-0.2, -0.15) is 0 Å². The molecule has 1 aliphatic heterocycles. The third kappa shape index (κ3) is 3.16. The van der Waals surface area contributed by atoms with E-state index in [9.17, 15) is 0 Å². The van der Waals surface area contributed by atoms with Crippen molar-refractivity contribution in [1.82, 2.24) is 10.2 Å². The van der Waals surface area contributed by atoms with E-state index in [0.717, 1.165) is 0 Å². The maximum absolute atomic E-state index is 5.28. The van der Waals surface area contributed by atoms with E-state index in [2.05, 4.69) is 17.1 Å². The van der Waals surface area contributed by atoms with Crippen LogP contribution in [-0.4, -0.2) is 49.8 Å². The van der Waals surface area contributed by atoms with Gasteiger partial charge in [-0.05, 0) is 45.7 Å². The van der Waals surface area contributed by atoms with Crippen LogP contribution in [0.4, 0.5) is 0 Å². The van der Waals surface area contributed by atoms with E-state index >= 15 is 0 Å². The van der Waals surface area contributed by atoms with Gasteiger partial charge in [0, 0.05) is 25.7 Å². The van der Waals surface area contributed by atoms with Crippen molar-refractivity contribution in [3.63, 3.8) is 0 Å². The van der Waals surface area contributed by atoms with Gasteiger partial charge in [0.25, 0.3) is 0 Å². The van der Waals surface area contributed by atoms with Crippen molar-refractivity contribution in [1.29, 1.82) is 0 Å². The second-order valence-electron chi connectivity index (χ2n) is 5.10. The molecule has 0 aromatic heterocycles. The van der Waals surface area contributed by atoms with Gasteiger partial charge in [-0.15, -0.1) is 0 Å². The molecule has 3 heteroatoms. The van der Waals surface area contributed by atoms with Crippen LogP contribution in [0.15, 0.2) is 0 Å². The van der Waals surface area contributed by atoms with E-state index < -0.39 is 0 Å². The van der Waals surface area contributed by atoms with Gasteiger partial charge < -0.3 is 15.0 Å². The normalized spacial score (nSPS) is 34.0. The van der Waals surface area contributed by atoms with Gasteiger partial charge in [0.15, 0.2) is 0 Å². The van der Waals surface area contributed by atoms with Gasteiger partial charge in [-0.1, -0.05) is 0 Å². The van der Waals surface area contributed by atoms with Crippen LogP contribution in [0.3, 0.4) is 0 Å². The average molecular weight is 212 g/mol. The monoisotopic (exact) mass is 212 g/mol. The molecule has 1 aliphatic carbocycles. The summed E-state index contributed by atoms with van der Waals surface area (Å²) in [6.07, 6.45) is 5.69. The Morgan fingerprint density at radius 1 is 1.33 bits per heavy atom. The molecule has 1 N–H and O–H groups in total. The maximum atomic E-state index is 5.28. The Kier molecular flexibility index (Phi) is 4.00. The summed E-state index contributed by atoms with van der Waals surface area (Å²) in [5.74, 6) is 0. The zero-order valence-electron chi connectivity index (χ0n) is 10.0. The van der Waals surface area contributed by atoms with Gasteiger partial charge in [0.1, 0.15) is 0 Å². The molecular formula is C12H24N2O. The molecule has 1 saturated carbocycles. The van der Waals surface area contributed by atoms with Crippen molar-refractivity contribution < 1.29 is 4.74 Å². The minimum atomic E-state index is 0.515. The molecule has 0 spiro atoms. The highest BCUT2D eigenvalue weighted by molar-refractivity contribution is 4.88. The number of methoxy groups -OCH3 is 1. The number of likely N-dealkylation sites (tertiary alicyclic amines) is 1. The number of hydrogen-bond acceptors (Lipinski definition) is 3. The largest absolute Gasteiger partial charge is 0.381 e. The van der Waals surface area contributed by atoms with Crippen LogP contribution in [0.2, 0.25) is 0 Å². The molecule has 2 aliphatic rings. The Balaban J connectivity index is 1.58. The molecule has 2 rings (SSSR count). The van der Waals surface area contributed by atoms with Gasteiger partial charge in [0.2, 0.25) is 0 Å². The summed E-state index contributed by atoms with van der Waals surface area (Å²) >= 11 is 0. The molecule has 1 atom stereocenters. The van der Waals surface area contributed by atoms with Crippen molar-refractivity contribution >= 4 is 0 Å². The standard InChI is InChI=1S/C12H24N2O/c1-10(9-14-5-3-4-6-14)13-11-7-12(8-11)15-2/h10-13H,3-9H2,1-2H3. The molecule has 0 amide bonds. The number of ether oxygens (including phenoxy) is 1. The second-order valence-corrected chi connectivity index (χ2v) is 5.10. The summed E-state index contributed by atoms with van der Waals surface area (Å²) in [6, 6.07) is 1.33. The molecule has 0 bridgehead atoms. The van der Waals surface area contributed by atoms with Crippen LogP contribution in [0, 0.1) is 0 Å². The van der Waals surface area contributed by atoms with Crippen LogP contribution in [0.1, 0.15) is 32.6 Å². The molecule has 88 valence electrons. The van der Waals surface area contributed by atoms with Crippen LogP contribution >= 0.6 is 0 Å². The van der Waals surface area contributed by atoms with Gasteiger partial charge in [0.05, 0.1) is 6.10 Å². The highest BCUT2D eigenvalue weighted by Gasteiger charge is 2.29. The van der Waals surface area contributed by atoms with Gasteiger partial charge in [-0.3, -0.25) is 0 Å². The van der Waals surface area contributed by atoms with Crippen molar-refractivity contribution in [2.75, 3.05) is 26.7 Å². The highest BCUT2D eigenvalue weighted by atomic mass is 16.5. The lowest BCUT2D eigenvalue weighted by Gasteiger charge is -2.37. The SMILES string of the molecule is COC1CC(NC(C)CN2CCCC2)C1. The Morgan fingerprint density at radius 3 is 2.60 bits per heavy atom. The van der Waals surface area contributed by atoms with Gasteiger partial charge in [-0.25, -0.2) is 0 Å². The first-order valence-corrected chi connectivity index (χ1v) is 6.29. The summed E-state index contributed by atoms with van der Waals surface area (Å²) in [4.78, 5) is 2.57. The van der Waals surface area contributed by atoms with Crippen molar-refractivity contribution in [3.8, 4) is 0 Å². The lowest BCUT2D eigenvalue weighted by Crippen LogP contribution is -2.51. The molecule has 0 aromatic carbocycles. The fourth-order valence-corrected chi connectivity index (χ4v) is 2.70. The highest BCUT2D eigenvalue weighted by Crippen LogP contribution is 2.23. The quantitative estimate of drug-likeness (QED) is 0.742. The third-order valence-corrected chi connectivity index (χ3v) is 3.68. The Bertz CT molecular complexity index is 186. The lowest BCUT2D eigenvalue weighted by atomic mass is 9.89. The molecule has 1 heterocycles. The summed E-state index contributed by atoms with van der Waals surface area (Å²) in [7, 11) is 1.81. The number of nitrogens with one attached hydrogen (secondary N) is 1. The molecule has 1 saturated heterocycles. The van der Waals surface area contributed by atoms with E-state index in [4.69, 9.17) is 4.74 Å². The molecular weight excluding hydrogens is 188 g/mol. The minimum absolute atomic E-state index is 0.515. The molecule has 2 fully saturated rings. The van der Waals surface area contributed by atoms with Crippen molar-refractivity contribution in [2.45, 2.75) is 50.8 Å². The Labute approximate surface area is 93.2 Å². The lowest BCUT2D eigenvalue weighted by molar-refractivity contribution is 0.0138. The second kappa shape index (κ2) is 5.28. The van der Waals surface area contributed by atoms with E-state index in [1.807, 2.05) is 7.11 Å². The Hall–Kier alpha value is -0.120. The van der Waals surface area contributed by atoms with E-state index in [1.165, 1.54) is 45.3 Å². The number of nitrogens with zero attached hydrogens (tertiary/aromatic N) is 1. The van der Waals surface area contributed by atoms with Crippen LogP contribution in [-0.2, 0) is 4.74 Å².